The van der Waals surface area contributed by atoms with Gasteiger partial charge in [0.25, 0.3) is 0 Å². The fourth-order valence-electron chi connectivity index (χ4n) is 2.65. The molecular formula is C9H12F2O2. The first-order chi connectivity index (χ1) is 5.96. The van der Waals surface area contributed by atoms with E-state index >= 15 is 0 Å². The van der Waals surface area contributed by atoms with Gasteiger partial charge in [-0.2, -0.15) is 0 Å². The van der Waals surface area contributed by atoms with Crippen LogP contribution in [0.25, 0.3) is 0 Å². The molecule has 0 heterocycles. The minimum absolute atomic E-state index is 0.0342. The summed E-state index contributed by atoms with van der Waals surface area (Å²) in [5, 5.41) is 0. The van der Waals surface area contributed by atoms with E-state index in [9.17, 15) is 13.6 Å². The minimum atomic E-state index is -2.47. The number of methoxy groups -OCH3 is 1. The van der Waals surface area contributed by atoms with Crippen LogP contribution in [0.2, 0.25) is 0 Å². The lowest BCUT2D eigenvalue weighted by Crippen LogP contribution is -2.55. The lowest BCUT2D eigenvalue weighted by molar-refractivity contribution is -0.213. The van der Waals surface area contributed by atoms with Gasteiger partial charge in [0.1, 0.15) is 0 Å². The number of carbonyl (C=O) groups is 1. The standard InChI is InChI=1S/C9H12F2O2/c1-13-7(12)6-2-8(3-6)4-9(10,11)5-8/h6H,2-5H2,1H3. The smallest absolute Gasteiger partial charge is 0.308 e. The molecule has 2 aliphatic carbocycles. The summed E-state index contributed by atoms with van der Waals surface area (Å²) in [6, 6.07) is 0. The summed E-state index contributed by atoms with van der Waals surface area (Å²) in [4.78, 5) is 11.0. The lowest BCUT2D eigenvalue weighted by Gasteiger charge is -2.56. The van der Waals surface area contributed by atoms with Gasteiger partial charge in [-0.25, -0.2) is 8.78 Å². The Labute approximate surface area is 75.3 Å². The van der Waals surface area contributed by atoms with Gasteiger partial charge in [0.15, 0.2) is 0 Å². The van der Waals surface area contributed by atoms with E-state index in [1.165, 1.54) is 7.11 Å². The fourth-order valence-corrected chi connectivity index (χ4v) is 2.65. The van der Waals surface area contributed by atoms with Crippen LogP contribution in [-0.4, -0.2) is 19.0 Å². The summed E-state index contributed by atoms with van der Waals surface area (Å²) < 4.78 is 29.6. The van der Waals surface area contributed by atoms with Crippen molar-refractivity contribution in [2.24, 2.45) is 11.3 Å². The van der Waals surface area contributed by atoms with Gasteiger partial charge >= 0.3 is 5.97 Å². The van der Waals surface area contributed by atoms with E-state index in [2.05, 4.69) is 4.74 Å². The third-order valence-corrected chi connectivity index (χ3v) is 3.16. The van der Waals surface area contributed by atoms with E-state index in [0.717, 1.165) is 0 Å². The van der Waals surface area contributed by atoms with Gasteiger partial charge < -0.3 is 4.74 Å². The Kier molecular flexibility index (Phi) is 1.66. The van der Waals surface area contributed by atoms with Crippen molar-refractivity contribution in [3.8, 4) is 0 Å². The third-order valence-electron chi connectivity index (χ3n) is 3.16. The number of hydrogen-bond donors (Lipinski definition) is 0. The van der Waals surface area contributed by atoms with Gasteiger partial charge in [-0.15, -0.1) is 0 Å². The van der Waals surface area contributed by atoms with Crippen LogP contribution in [0.15, 0.2) is 0 Å². The molecule has 74 valence electrons. The highest BCUT2D eigenvalue weighted by atomic mass is 19.3. The zero-order valence-electron chi connectivity index (χ0n) is 7.48. The van der Waals surface area contributed by atoms with Gasteiger partial charge in [0.05, 0.1) is 13.0 Å². The number of rotatable bonds is 1. The Morgan fingerprint density at radius 2 is 1.92 bits per heavy atom. The van der Waals surface area contributed by atoms with E-state index in [4.69, 9.17) is 0 Å². The zero-order chi connectivity index (χ0) is 9.69. The maximum Gasteiger partial charge on any atom is 0.308 e. The van der Waals surface area contributed by atoms with Crippen molar-refractivity contribution in [1.29, 1.82) is 0 Å². The number of ether oxygens (including phenoxy) is 1. The minimum Gasteiger partial charge on any atom is -0.469 e. The van der Waals surface area contributed by atoms with Crippen LogP contribution in [-0.2, 0) is 9.53 Å². The molecule has 0 unspecified atom stereocenters. The first-order valence-electron chi connectivity index (χ1n) is 4.42. The van der Waals surface area contributed by atoms with Crippen LogP contribution in [0.1, 0.15) is 25.7 Å². The summed E-state index contributed by atoms with van der Waals surface area (Å²) in [7, 11) is 1.34. The Morgan fingerprint density at radius 1 is 1.38 bits per heavy atom. The van der Waals surface area contributed by atoms with E-state index in [1.54, 1.807) is 0 Å². The maximum absolute atomic E-state index is 12.5. The van der Waals surface area contributed by atoms with Crippen molar-refractivity contribution in [3.05, 3.63) is 0 Å². The number of carbonyl (C=O) groups excluding carboxylic acids is 1. The molecule has 0 aliphatic heterocycles. The largest absolute Gasteiger partial charge is 0.469 e. The molecule has 2 nitrogen and oxygen atoms in total. The monoisotopic (exact) mass is 190 g/mol. The average molecular weight is 190 g/mol. The van der Waals surface area contributed by atoms with Crippen LogP contribution in [0.5, 0.6) is 0 Å². The Hall–Kier alpha value is -0.670. The van der Waals surface area contributed by atoms with Gasteiger partial charge in [0.2, 0.25) is 5.92 Å². The molecule has 2 saturated carbocycles. The second-order valence-electron chi connectivity index (χ2n) is 4.34. The molecule has 0 aromatic carbocycles. The Bertz CT molecular complexity index is 234. The van der Waals surface area contributed by atoms with E-state index < -0.39 is 5.92 Å². The maximum atomic E-state index is 12.5. The highest BCUT2D eigenvalue weighted by Gasteiger charge is 2.63. The van der Waals surface area contributed by atoms with Gasteiger partial charge in [-0.05, 0) is 18.3 Å². The summed E-state index contributed by atoms with van der Waals surface area (Å²) in [5.74, 6) is -2.84. The van der Waals surface area contributed by atoms with Crippen molar-refractivity contribution in [2.45, 2.75) is 31.6 Å². The molecule has 2 rings (SSSR count). The van der Waals surface area contributed by atoms with Crippen molar-refractivity contribution in [2.75, 3.05) is 7.11 Å². The molecule has 0 amide bonds. The summed E-state index contributed by atoms with van der Waals surface area (Å²) in [6.07, 6.45) is 1.12. The second-order valence-corrected chi connectivity index (χ2v) is 4.34. The normalized spacial score (nSPS) is 29.2. The van der Waals surface area contributed by atoms with Crippen LogP contribution >= 0.6 is 0 Å². The molecule has 0 aromatic heterocycles. The quantitative estimate of drug-likeness (QED) is 0.591. The van der Waals surface area contributed by atoms with Crippen molar-refractivity contribution in [3.63, 3.8) is 0 Å². The van der Waals surface area contributed by atoms with Crippen molar-refractivity contribution < 1.29 is 18.3 Å². The van der Waals surface area contributed by atoms with E-state index in [-0.39, 0.29) is 30.1 Å². The third kappa shape index (κ3) is 1.32. The Morgan fingerprint density at radius 3 is 2.31 bits per heavy atom. The number of alkyl halides is 2. The average Bonchev–Trinajstić information content (AvgIpc) is 1.93. The first kappa shape index (κ1) is 8.91. The zero-order valence-corrected chi connectivity index (χ0v) is 7.48. The first-order valence-corrected chi connectivity index (χ1v) is 4.42. The molecular weight excluding hydrogens is 178 g/mol. The van der Waals surface area contributed by atoms with Gasteiger partial charge in [-0.1, -0.05) is 0 Å². The highest BCUT2D eigenvalue weighted by molar-refractivity contribution is 5.73. The topological polar surface area (TPSA) is 26.3 Å². The lowest BCUT2D eigenvalue weighted by atomic mass is 9.50. The van der Waals surface area contributed by atoms with Gasteiger partial charge in [0, 0.05) is 12.8 Å². The second kappa shape index (κ2) is 2.42. The number of hydrogen-bond acceptors (Lipinski definition) is 2. The summed E-state index contributed by atoms with van der Waals surface area (Å²) in [5.41, 5.74) is -0.220. The SMILES string of the molecule is COC(=O)C1CC2(C1)CC(F)(F)C2. The molecule has 0 bridgehead atoms. The Balaban J connectivity index is 1.83. The number of esters is 1. The van der Waals surface area contributed by atoms with Crippen LogP contribution in [0, 0.1) is 11.3 Å². The molecule has 0 saturated heterocycles. The van der Waals surface area contributed by atoms with E-state index in [1.807, 2.05) is 0 Å². The molecule has 4 heteroatoms. The molecule has 2 aliphatic rings. The predicted molar refractivity (Wildman–Crippen MR) is 41.4 cm³/mol. The fraction of sp³-hybridized carbons (Fsp3) is 0.889. The molecule has 1 spiro atoms. The van der Waals surface area contributed by atoms with Crippen molar-refractivity contribution >= 4 is 5.97 Å². The molecule has 0 aromatic rings. The molecule has 0 N–H and O–H groups in total. The van der Waals surface area contributed by atoms with Crippen LogP contribution < -0.4 is 0 Å². The predicted octanol–water partition coefficient (Wildman–Crippen LogP) is 1.98. The van der Waals surface area contributed by atoms with E-state index in [0.29, 0.717) is 12.8 Å². The van der Waals surface area contributed by atoms with Gasteiger partial charge in [-0.3, -0.25) is 4.79 Å². The molecule has 0 atom stereocenters. The summed E-state index contributed by atoms with van der Waals surface area (Å²) >= 11 is 0. The molecule has 2 fully saturated rings. The van der Waals surface area contributed by atoms with Crippen LogP contribution in [0.4, 0.5) is 8.78 Å². The van der Waals surface area contributed by atoms with Crippen molar-refractivity contribution in [1.82, 2.24) is 0 Å². The summed E-state index contributed by atoms with van der Waals surface area (Å²) in [6.45, 7) is 0. The molecule has 0 radical (unpaired) electrons. The highest BCUT2D eigenvalue weighted by Crippen LogP contribution is 2.64. The molecule has 13 heavy (non-hydrogen) atoms. The number of halogens is 2. The van der Waals surface area contributed by atoms with Crippen LogP contribution in [0.3, 0.4) is 0 Å².